The van der Waals surface area contributed by atoms with Gasteiger partial charge in [-0.05, 0) is 25.8 Å². The van der Waals surface area contributed by atoms with Gasteiger partial charge in [-0.25, -0.2) is 4.98 Å². The maximum Gasteiger partial charge on any atom is 0.118 e. The molecule has 0 radical (unpaired) electrons. The molecule has 0 unspecified atom stereocenters. The van der Waals surface area contributed by atoms with Gasteiger partial charge in [0.2, 0.25) is 0 Å². The van der Waals surface area contributed by atoms with Gasteiger partial charge in [-0.1, -0.05) is 6.07 Å². The van der Waals surface area contributed by atoms with Gasteiger partial charge < -0.3 is 5.11 Å². The van der Waals surface area contributed by atoms with Gasteiger partial charge in [0.05, 0.1) is 5.60 Å². The Kier molecular flexibility index (Phi) is 2.16. The standard InChI is InChI=1S/C10H11NO/c1-4-9-8(10(2,3)12)6-5-7-11-9/h1,5-7,12H,2-3H3. The highest BCUT2D eigenvalue weighted by Crippen LogP contribution is 2.20. The van der Waals surface area contributed by atoms with E-state index in [4.69, 9.17) is 6.42 Å². The number of terminal acetylenes is 1. The number of rotatable bonds is 1. The molecule has 0 aromatic carbocycles. The molecule has 2 nitrogen and oxygen atoms in total. The molecule has 0 spiro atoms. The third kappa shape index (κ3) is 1.63. The summed E-state index contributed by atoms with van der Waals surface area (Å²) in [5.41, 5.74) is 0.271. The van der Waals surface area contributed by atoms with Crippen LogP contribution < -0.4 is 0 Å². The van der Waals surface area contributed by atoms with Crippen LogP contribution >= 0.6 is 0 Å². The topological polar surface area (TPSA) is 33.1 Å². The molecule has 0 saturated carbocycles. The van der Waals surface area contributed by atoms with Crippen LogP contribution in [0.2, 0.25) is 0 Å². The van der Waals surface area contributed by atoms with Crippen LogP contribution in [0.1, 0.15) is 25.1 Å². The number of pyridine rings is 1. The number of hydrogen-bond acceptors (Lipinski definition) is 2. The molecule has 0 amide bonds. The monoisotopic (exact) mass is 161 g/mol. The van der Waals surface area contributed by atoms with E-state index in [2.05, 4.69) is 10.9 Å². The molecule has 1 heterocycles. The van der Waals surface area contributed by atoms with E-state index in [1.807, 2.05) is 0 Å². The van der Waals surface area contributed by atoms with Gasteiger partial charge in [0, 0.05) is 11.8 Å². The van der Waals surface area contributed by atoms with E-state index in [-0.39, 0.29) is 0 Å². The van der Waals surface area contributed by atoms with E-state index in [1.54, 1.807) is 32.2 Å². The Morgan fingerprint density at radius 2 is 2.25 bits per heavy atom. The zero-order valence-corrected chi connectivity index (χ0v) is 7.20. The summed E-state index contributed by atoms with van der Waals surface area (Å²) in [7, 11) is 0. The van der Waals surface area contributed by atoms with E-state index < -0.39 is 5.60 Å². The fraction of sp³-hybridized carbons (Fsp3) is 0.300. The second kappa shape index (κ2) is 2.96. The van der Waals surface area contributed by atoms with Crippen molar-refractivity contribution in [1.82, 2.24) is 4.98 Å². The van der Waals surface area contributed by atoms with Gasteiger partial charge in [-0.15, -0.1) is 6.42 Å². The molecule has 2 heteroatoms. The molecule has 1 aromatic rings. The molecule has 0 atom stereocenters. The van der Waals surface area contributed by atoms with Crippen LogP contribution in [0.15, 0.2) is 18.3 Å². The molecule has 0 saturated heterocycles. The predicted octanol–water partition coefficient (Wildman–Crippen LogP) is 1.29. The van der Waals surface area contributed by atoms with Crippen molar-refractivity contribution in [1.29, 1.82) is 0 Å². The lowest BCUT2D eigenvalue weighted by atomic mass is 9.97. The Morgan fingerprint density at radius 1 is 1.58 bits per heavy atom. The van der Waals surface area contributed by atoms with Gasteiger partial charge in [0.1, 0.15) is 5.69 Å². The van der Waals surface area contributed by atoms with Crippen molar-refractivity contribution >= 4 is 0 Å². The molecule has 1 rings (SSSR count). The summed E-state index contributed by atoms with van der Waals surface area (Å²) in [4.78, 5) is 3.97. The normalized spacial score (nSPS) is 10.8. The first-order chi connectivity index (χ1) is 5.55. The molecular formula is C10H11NO. The summed E-state index contributed by atoms with van der Waals surface area (Å²) in [6, 6.07) is 3.54. The highest BCUT2D eigenvalue weighted by atomic mass is 16.3. The predicted molar refractivity (Wildman–Crippen MR) is 47.4 cm³/mol. The number of hydrogen-bond donors (Lipinski definition) is 1. The van der Waals surface area contributed by atoms with Gasteiger partial charge in [0.15, 0.2) is 0 Å². The SMILES string of the molecule is C#Cc1ncccc1C(C)(C)O. The Morgan fingerprint density at radius 3 is 2.67 bits per heavy atom. The molecule has 0 aliphatic heterocycles. The third-order valence-electron chi connectivity index (χ3n) is 1.60. The van der Waals surface area contributed by atoms with Gasteiger partial charge in [-0.3, -0.25) is 0 Å². The fourth-order valence-electron chi connectivity index (χ4n) is 1.01. The minimum Gasteiger partial charge on any atom is -0.386 e. The summed E-state index contributed by atoms with van der Waals surface area (Å²) in [5.74, 6) is 2.43. The molecule has 0 fully saturated rings. The van der Waals surface area contributed by atoms with Crippen molar-refractivity contribution in [2.45, 2.75) is 19.4 Å². The smallest absolute Gasteiger partial charge is 0.118 e. The summed E-state index contributed by atoms with van der Waals surface area (Å²) in [6.45, 7) is 3.37. The zero-order chi connectivity index (χ0) is 9.19. The maximum absolute atomic E-state index is 9.67. The highest BCUT2D eigenvalue weighted by molar-refractivity contribution is 5.36. The van der Waals surface area contributed by atoms with E-state index in [0.29, 0.717) is 11.3 Å². The molecule has 12 heavy (non-hydrogen) atoms. The van der Waals surface area contributed by atoms with Gasteiger partial charge >= 0.3 is 0 Å². The molecule has 0 aliphatic carbocycles. The lowest BCUT2D eigenvalue weighted by molar-refractivity contribution is 0.0779. The lowest BCUT2D eigenvalue weighted by Gasteiger charge is -2.18. The van der Waals surface area contributed by atoms with Crippen LogP contribution in [0.25, 0.3) is 0 Å². The van der Waals surface area contributed by atoms with Crippen LogP contribution in [0.3, 0.4) is 0 Å². The average Bonchev–Trinajstić information content (AvgIpc) is 2.03. The van der Waals surface area contributed by atoms with Gasteiger partial charge in [0.25, 0.3) is 0 Å². The zero-order valence-electron chi connectivity index (χ0n) is 7.20. The van der Waals surface area contributed by atoms with Crippen LogP contribution in [0.4, 0.5) is 0 Å². The molecule has 1 N–H and O–H groups in total. The second-order valence-electron chi connectivity index (χ2n) is 3.10. The molecule has 0 aliphatic rings. The summed E-state index contributed by atoms with van der Waals surface area (Å²) in [6.07, 6.45) is 6.84. The molecule has 62 valence electrons. The largest absolute Gasteiger partial charge is 0.386 e. The average molecular weight is 161 g/mol. The Hall–Kier alpha value is -1.33. The summed E-state index contributed by atoms with van der Waals surface area (Å²) < 4.78 is 0. The Balaban J connectivity index is 3.26. The van der Waals surface area contributed by atoms with Crippen molar-refractivity contribution in [2.75, 3.05) is 0 Å². The minimum absolute atomic E-state index is 0.505. The van der Waals surface area contributed by atoms with E-state index in [1.165, 1.54) is 0 Å². The Bertz CT molecular complexity index is 317. The van der Waals surface area contributed by atoms with Crippen molar-refractivity contribution in [3.05, 3.63) is 29.6 Å². The van der Waals surface area contributed by atoms with Crippen LogP contribution in [-0.2, 0) is 5.60 Å². The fourth-order valence-corrected chi connectivity index (χ4v) is 1.01. The quantitative estimate of drug-likeness (QED) is 0.629. The van der Waals surface area contributed by atoms with E-state index in [0.717, 1.165) is 0 Å². The summed E-state index contributed by atoms with van der Waals surface area (Å²) in [5, 5.41) is 9.67. The van der Waals surface area contributed by atoms with Crippen molar-refractivity contribution in [3.8, 4) is 12.3 Å². The number of aromatic nitrogens is 1. The number of aliphatic hydroxyl groups is 1. The van der Waals surface area contributed by atoms with Crippen LogP contribution in [0.5, 0.6) is 0 Å². The Labute approximate surface area is 72.3 Å². The first kappa shape index (κ1) is 8.76. The van der Waals surface area contributed by atoms with Crippen LogP contribution in [-0.4, -0.2) is 10.1 Å². The van der Waals surface area contributed by atoms with Gasteiger partial charge in [-0.2, -0.15) is 0 Å². The van der Waals surface area contributed by atoms with Crippen LogP contribution in [0, 0.1) is 12.3 Å². The van der Waals surface area contributed by atoms with Crippen molar-refractivity contribution in [3.63, 3.8) is 0 Å². The minimum atomic E-state index is -0.921. The van der Waals surface area contributed by atoms with Crippen molar-refractivity contribution < 1.29 is 5.11 Å². The molecular weight excluding hydrogens is 150 g/mol. The maximum atomic E-state index is 9.67. The first-order valence-electron chi connectivity index (χ1n) is 3.70. The molecule has 1 aromatic heterocycles. The van der Waals surface area contributed by atoms with E-state index >= 15 is 0 Å². The third-order valence-corrected chi connectivity index (χ3v) is 1.60. The first-order valence-corrected chi connectivity index (χ1v) is 3.70. The summed E-state index contributed by atoms with van der Waals surface area (Å²) >= 11 is 0. The number of nitrogens with zero attached hydrogens (tertiary/aromatic N) is 1. The molecule has 0 bridgehead atoms. The lowest BCUT2D eigenvalue weighted by Crippen LogP contribution is -2.17. The van der Waals surface area contributed by atoms with E-state index in [9.17, 15) is 5.11 Å². The highest BCUT2D eigenvalue weighted by Gasteiger charge is 2.19. The second-order valence-corrected chi connectivity index (χ2v) is 3.10. The van der Waals surface area contributed by atoms with Crippen molar-refractivity contribution in [2.24, 2.45) is 0 Å².